The van der Waals surface area contributed by atoms with Crippen molar-refractivity contribution in [3.8, 4) is 11.5 Å². The van der Waals surface area contributed by atoms with Gasteiger partial charge >= 0.3 is 0 Å². The summed E-state index contributed by atoms with van der Waals surface area (Å²) in [6.07, 6.45) is 4.52. The molecule has 3 aliphatic heterocycles. The van der Waals surface area contributed by atoms with Crippen molar-refractivity contribution < 1.29 is 9.73 Å². The minimum Gasteiger partial charge on any atom is -0.452 e. The Balaban J connectivity index is 1.70. The van der Waals surface area contributed by atoms with Gasteiger partial charge in [-0.1, -0.05) is 6.08 Å². The SMILES string of the molecule is CC1=CC(C)(C)Nc2cc3c(cc21)N=c1cc2c(cc1O3)=[NH+]C(C)(C)C=C2C. The summed E-state index contributed by atoms with van der Waals surface area (Å²) in [5.41, 5.74) is 6.72. The van der Waals surface area contributed by atoms with Crippen molar-refractivity contribution in [3.63, 3.8) is 0 Å². The first-order valence-corrected chi connectivity index (χ1v) is 9.82. The van der Waals surface area contributed by atoms with E-state index in [-0.39, 0.29) is 11.1 Å². The summed E-state index contributed by atoms with van der Waals surface area (Å²) in [6.45, 7) is 13.0. The zero-order chi connectivity index (χ0) is 19.8. The minimum absolute atomic E-state index is 0.0759. The second-order valence-electron chi connectivity index (χ2n) is 9.29. The van der Waals surface area contributed by atoms with Gasteiger partial charge < -0.3 is 10.1 Å². The van der Waals surface area contributed by atoms with E-state index < -0.39 is 0 Å². The number of ether oxygens (including phenoxy) is 1. The molecule has 4 nitrogen and oxygen atoms in total. The summed E-state index contributed by atoms with van der Waals surface area (Å²) >= 11 is 0. The lowest BCUT2D eigenvalue weighted by Gasteiger charge is -2.32. The van der Waals surface area contributed by atoms with E-state index in [2.05, 4.69) is 88.3 Å². The zero-order valence-corrected chi connectivity index (χ0v) is 17.3. The molecule has 0 aliphatic carbocycles. The number of nitrogens with one attached hydrogen (secondary N) is 2. The van der Waals surface area contributed by atoms with E-state index in [0.29, 0.717) is 0 Å². The van der Waals surface area contributed by atoms with Crippen LogP contribution in [0.5, 0.6) is 11.5 Å². The van der Waals surface area contributed by atoms with Gasteiger partial charge in [-0.25, -0.2) is 9.98 Å². The van der Waals surface area contributed by atoms with Crippen LogP contribution in [0, 0.1) is 0 Å². The van der Waals surface area contributed by atoms with Crippen LogP contribution in [0.15, 0.2) is 41.4 Å². The molecule has 142 valence electrons. The average Bonchev–Trinajstić information content (AvgIpc) is 2.55. The number of hydrogen-bond donors (Lipinski definition) is 2. The monoisotopic (exact) mass is 372 g/mol. The third kappa shape index (κ3) is 2.67. The summed E-state index contributed by atoms with van der Waals surface area (Å²) < 4.78 is 6.30. The summed E-state index contributed by atoms with van der Waals surface area (Å²) in [7, 11) is 0. The van der Waals surface area contributed by atoms with Crippen molar-refractivity contribution in [2.75, 3.05) is 5.32 Å². The second kappa shape index (κ2) is 5.34. The van der Waals surface area contributed by atoms with Gasteiger partial charge in [0, 0.05) is 31.2 Å². The van der Waals surface area contributed by atoms with E-state index in [1.807, 2.05) is 0 Å². The van der Waals surface area contributed by atoms with Crippen LogP contribution in [0.3, 0.4) is 0 Å². The molecule has 0 radical (unpaired) electrons. The maximum absolute atomic E-state index is 6.30. The number of anilines is 1. The van der Waals surface area contributed by atoms with Crippen LogP contribution in [-0.4, -0.2) is 11.1 Å². The Morgan fingerprint density at radius 2 is 1.64 bits per heavy atom. The molecule has 0 atom stereocenters. The molecule has 0 aromatic heterocycles. The summed E-state index contributed by atoms with van der Waals surface area (Å²) in [4.78, 5) is 8.52. The van der Waals surface area contributed by atoms with Crippen molar-refractivity contribution in [3.05, 3.63) is 58.3 Å². The van der Waals surface area contributed by atoms with Gasteiger partial charge in [0.15, 0.2) is 17.0 Å². The molecule has 2 N–H and O–H groups in total. The second-order valence-corrected chi connectivity index (χ2v) is 9.29. The normalized spacial score (nSPS) is 19.8. The van der Waals surface area contributed by atoms with Crippen molar-refractivity contribution in [2.45, 2.75) is 52.6 Å². The smallest absolute Gasteiger partial charge is 0.210 e. The largest absolute Gasteiger partial charge is 0.452 e. The van der Waals surface area contributed by atoms with Gasteiger partial charge in [0.2, 0.25) is 5.36 Å². The highest BCUT2D eigenvalue weighted by Crippen LogP contribution is 2.43. The fourth-order valence-corrected chi connectivity index (χ4v) is 4.59. The topological polar surface area (TPSA) is 47.6 Å². The van der Waals surface area contributed by atoms with Crippen molar-refractivity contribution in [1.29, 1.82) is 0 Å². The number of nitrogens with zero attached hydrogens (tertiary/aromatic N) is 1. The highest BCUT2D eigenvalue weighted by molar-refractivity contribution is 5.84. The molecule has 0 saturated carbocycles. The maximum atomic E-state index is 6.30. The lowest BCUT2D eigenvalue weighted by molar-refractivity contribution is -0.568. The molecule has 5 rings (SSSR count). The van der Waals surface area contributed by atoms with Gasteiger partial charge in [-0.2, -0.15) is 0 Å². The molecule has 0 fully saturated rings. The first kappa shape index (κ1) is 17.2. The molecule has 2 aromatic rings. The number of benzene rings is 2. The molecule has 0 bridgehead atoms. The fraction of sp³-hybridized carbons (Fsp3) is 0.333. The number of fused-ring (bicyclic) bond motifs is 4. The van der Waals surface area contributed by atoms with Crippen LogP contribution in [0.1, 0.15) is 52.7 Å². The van der Waals surface area contributed by atoms with E-state index in [0.717, 1.165) is 33.6 Å². The summed E-state index contributed by atoms with van der Waals surface area (Å²) in [5.74, 6) is 1.60. The van der Waals surface area contributed by atoms with Crippen LogP contribution in [0.25, 0.3) is 11.1 Å². The molecule has 0 unspecified atom stereocenters. The summed E-state index contributed by atoms with van der Waals surface area (Å²) in [6, 6.07) is 8.42. The Labute approximate surface area is 165 Å². The Kier molecular flexibility index (Phi) is 3.29. The lowest BCUT2D eigenvalue weighted by atomic mass is 9.91. The van der Waals surface area contributed by atoms with Gasteiger partial charge in [-0.05, 0) is 57.0 Å². The Hall–Kier alpha value is -2.88. The third-order valence-corrected chi connectivity index (χ3v) is 5.58. The molecule has 2 aromatic carbocycles. The minimum atomic E-state index is -0.0759. The van der Waals surface area contributed by atoms with Gasteiger partial charge in [0.1, 0.15) is 11.0 Å². The average molecular weight is 372 g/mol. The predicted molar refractivity (Wildman–Crippen MR) is 113 cm³/mol. The van der Waals surface area contributed by atoms with E-state index in [1.165, 1.54) is 22.3 Å². The van der Waals surface area contributed by atoms with Crippen LogP contribution in [0.4, 0.5) is 11.4 Å². The standard InChI is InChI=1S/C24H25N3O/c1-13-11-23(3,4)26-17-9-21-19(7-15(13)17)25-20-8-16-14(2)12-24(5,6)27-18(16)10-22(20)28-21/h7-12,26H,1-6H3/p+1. The molecular formula is C24H26N3O+. The molecule has 4 heteroatoms. The van der Waals surface area contributed by atoms with Gasteiger partial charge in [-0.3, -0.25) is 0 Å². The number of allylic oxidation sites excluding steroid dienone is 2. The van der Waals surface area contributed by atoms with Crippen molar-refractivity contribution >= 4 is 22.5 Å². The molecule has 0 spiro atoms. The van der Waals surface area contributed by atoms with Crippen molar-refractivity contribution in [1.82, 2.24) is 0 Å². The van der Waals surface area contributed by atoms with Crippen LogP contribution >= 0.6 is 0 Å². The number of hydrogen-bond acceptors (Lipinski definition) is 3. The van der Waals surface area contributed by atoms with E-state index in [4.69, 9.17) is 9.73 Å². The zero-order valence-electron chi connectivity index (χ0n) is 17.3. The Morgan fingerprint density at radius 3 is 2.43 bits per heavy atom. The Bertz CT molecular complexity index is 1230. The predicted octanol–water partition coefficient (Wildman–Crippen LogP) is 3.25. The van der Waals surface area contributed by atoms with Crippen LogP contribution in [-0.2, 0) is 0 Å². The maximum Gasteiger partial charge on any atom is 0.210 e. The van der Waals surface area contributed by atoms with E-state index >= 15 is 0 Å². The fourth-order valence-electron chi connectivity index (χ4n) is 4.59. The highest BCUT2D eigenvalue weighted by Gasteiger charge is 2.28. The molecule has 3 aliphatic rings. The molecule has 0 amide bonds. The van der Waals surface area contributed by atoms with Crippen LogP contribution < -0.4 is 25.8 Å². The molecule has 28 heavy (non-hydrogen) atoms. The molecular weight excluding hydrogens is 346 g/mol. The first-order chi connectivity index (χ1) is 13.1. The van der Waals surface area contributed by atoms with Gasteiger partial charge in [0.05, 0.1) is 17.2 Å². The van der Waals surface area contributed by atoms with Gasteiger partial charge in [0.25, 0.3) is 0 Å². The van der Waals surface area contributed by atoms with E-state index in [9.17, 15) is 0 Å². The highest BCUT2D eigenvalue weighted by atomic mass is 16.5. The Morgan fingerprint density at radius 1 is 0.893 bits per heavy atom. The van der Waals surface area contributed by atoms with Gasteiger partial charge in [-0.15, -0.1) is 0 Å². The molecule has 0 saturated heterocycles. The quantitative estimate of drug-likeness (QED) is 0.636. The molecule has 3 heterocycles. The van der Waals surface area contributed by atoms with Crippen molar-refractivity contribution in [2.24, 2.45) is 4.99 Å². The van der Waals surface area contributed by atoms with E-state index in [1.54, 1.807) is 0 Å². The third-order valence-electron chi connectivity index (χ3n) is 5.58. The van der Waals surface area contributed by atoms with Crippen LogP contribution in [0.2, 0.25) is 0 Å². The first-order valence-electron chi connectivity index (χ1n) is 9.82. The number of rotatable bonds is 0. The lowest BCUT2D eigenvalue weighted by Crippen LogP contribution is -2.89. The summed E-state index contributed by atoms with van der Waals surface area (Å²) in [5, 5.41) is 5.57.